The third kappa shape index (κ3) is 11.4. The van der Waals surface area contributed by atoms with E-state index < -0.39 is 0 Å². The Balaban J connectivity index is 0.000000181. The highest BCUT2D eigenvalue weighted by molar-refractivity contribution is 5.61. The van der Waals surface area contributed by atoms with Gasteiger partial charge in [0.05, 0.1) is 41.5 Å². The number of hydrogen-bond acceptors (Lipinski definition) is 10. The Morgan fingerprint density at radius 2 is 0.833 bits per heavy atom. The fourth-order valence-electron chi connectivity index (χ4n) is 7.53. The van der Waals surface area contributed by atoms with Crippen LogP contribution in [-0.2, 0) is 4.74 Å². The number of ether oxygens (including phenoxy) is 1. The molecule has 10 heteroatoms. The largest absolute Gasteiger partial charge is 0.383 e. The molecule has 3 aliphatic heterocycles. The molecule has 0 unspecified atom stereocenters. The summed E-state index contributed by atoms with van der Waals surface area (Å²) in [6.45, 7) is 27.6. The van der Waals surface area contributed by atoms with Crippen LogP contribution in [0.2, 0.25) is 0 Å². The molecular weight excluding hydrogens is 671 g/mol. The molecule has 0 amide bonds. The second-order valence-electron chi connectivity index (χ2n) is 14.3. The van der Waals surface area contributed by atoms with E-state index in [1.807, 2.05) is 57.2 Å². The molecule has 6 rings (SSSR count). The van der Waals surface area contributed by atoms with E-state index in [2.05, 4.69) is 79.7 Å². The Bertz CT molecular complexity index is 1730. The van der Waals surface area contributed by atoms with Crippen LogP contribution >= 0.6 is 0 Å². The number of methoxy groups -OCH3 is 1. The fourth-order valence-corrected chi connectivity index (χ4v) is 7.53. The second kappa shape index (κ2) is 21.9. The van der Waals surface area contributed by atoms with Gasteiger partial charge >= 0.3 is 0 Å². The van der Waals surface area contributed by atoms with E-state index in [0.29, 0.717) is 0 Å². The summed E-state index contributed by atoms with van der Waals surface area (Å²) in [5.41, 5.74) is 9.33. The quantitative estimate of drug-likeness (QED) is 0.259. The lowest BCUT2D eigenvalue weighted by Crippen LogP contribution is -2.47. The summed E-state index contributed by atoms with van der Waals surface area (Å²) in [5.74, 6) is 0. The second-order valence-corrected chi connectivity index (χ2v) is 14.3. The Hall–Kier alpha value is -4.63. The average Bonchev–Trinajstić information content (AvgIpc) is 3.21. The molecule has 0 saturated carbocycles. The number of nitrogens with zero attached hydrogens (tertiary/aromatic N) is 9. The van der Waals surface area contributed by atoms with Crippen molar-refractivity contribution in [3.8, 4) is 18.2 Å². The summed E-state index contributed by atoms with van der Waals surface area (Å²) in [7, 11) is 1.74. The van der Waals surface area contributed by atoms with Gasteiger partial charge in [-0.05, 0) is 93.4 Å². The average molecular weight is 732 g/mol. The zero-order valence-corrected chi connectivity index (χ0v) is 33.7. The van der Waals surface area contributed by atoms with Gasteiger partial charge in [-0.3, -0.25) is 9.80 Å². The SMILES string of the molecule is CCCN1CCN(c2cccc(C#N)c2C)CC1.CCN1CCN(c2cccc(C#N)c2C)CC1.COCCN1CCN(c2cccc(C#N)c2C)CC1. The highest BCUT2D eigenvalue weighted by Gasteiger charge is 2.21. The van der Waals surface area contributed by atoms with E-state index in [9.17, 15) is 0 Å². The minimum absolute atomic E-state index is 0.777. The van der Waals surface area contributed by atoms with Crippen molar-refractivity contribution >= 4 is 17.1 Å². The van der Waals surface area contributed by atoms with E-state index in [1.54, 1.807) is 7.11 Å². The number of rotatable bonds is 9. The van der Waals surface area contributed by atoms with Crippen molar-refractivity contribution in [2.45, 2.75) is 41.0 Å². The third-order valence-corrected chi connectivity index (χ3v) is 11.0. The van der Waals surface area contributed by atoms with Crippen molar-refractivity contribution in [3.63, 3.8) is 0 Å². The molecular formula is C44H61N9O. The molecule has 0 spiro atoms. The number of anilines is 3. The van der Waals surface area contributed by atoms with Crippen LogP contribution in [0.1, 0.15) is 53.6 Å². The van der Waals surface area contributed by atoms with Gasteiger partial charge in [-0.1, -0.05) is 32.0 Å². The molecule has 54 heavy (non-hydrogen) atoms. The molecule has 3 saturated heterocycles. The van der Waals surface area contributed by atoms with Gasteiger partial charge in [-0.25, -0.2) is 0 Å². The maximum atomic E-state index is 9.09. The minimum Gasteiger partial charge on any atom is -0.383 e. The molecule has 3 aliphatic rings. The summed E-state index contributed by atoms with van der Waals surface area (Å²) in [6, 6.07) is 24.8. The molecule has 0 N–H and O–H groups in total. The number of likely N-dealkylation sites (N-methyl/N-ethyl adjacent to an activating group) is 1. The van der Waals surface area contributed by atoms with Crippen LogP contribution in [0.15, 0.2) is 54.6 Å². The van der Waals surface area contributed by atoms with E-state index in [0.717, 1.165) is 132 Å². The molecule has 0 radical (unpaired) electrons. The third-order valence-electron chi connectivity index (χ3n) is 11.0. The predicted molar refractivity (Wildman–Crippen MR) is 221 cm³/mol. The normalized spacial score (nSPS) is 16.6. The van der Waals surface area contributed by atoms with Gasteiger partial charge in [0.15, 0.2) is 0 Å². The van der Waals surface area contributed by atoms with Gasteiger partial charge in [-0.2, -0.15) is 15.8 Å². The Morgan fingerprint density at radius 1 is 0.500 bits per heavy atom. The first kappa shape index (κ1) is 42.1. The molecule has 3 heterocycles. The Labute approximate surface area is 325 Å². The summed E-state index contributed by atoms with van der Waals surface area (Å²) < 4.78 is 5.11. The summed E-state index contributed by atoms with van der Waals surface area (Å²) >= 11 is 0. The number of piperazine rings is 3. The zero-order chi connectivity index (χ0) is 38.9. The number of nitriles is 3. The van der Waals surface area contributed by atoms with E-state index in [4.69, 9.17) is 20.5 Å². The maximum absolute atomic E-state index is 9.09. The molecule has 3 aromatic carbocycles. The van der Waals surface area contributed by atoms with E-state index in [-0.39, 0.29) is 0 Å². The van der Waals surface area contributed by atoms with Crippen molar-refractivity contribution in [2.75, 3.05) is 127 Å². The van der Waals surface area contributed by atoms with Crippen molar-refractivity contribution < 1.29 is 4.74 Å². The predicted octanol–water partition coefficient (Wildman–Crippen LogP) is 6.04. The van der Waals surface area contributed by atoms with Gasteiger partial charge in [-0.15, -0.1) is 0 Å². The van der Waals surface area contributed by atoms with E-state index >= 15 is 0 Å². The zero-order valence-electron chi connectivity index (χ0n) is 33.7. The van der Waals surface area contributed by atoms with Crippen LogP contribution in [0.25, 0.3) is 0 Å². The van der Waals surface area contributed by atoms with Crippen molar-refractivity contribution in [1.82, 2.24) is 14.7 Å². The van der Waals surface area contributed by atoms with E-state index in [1.165, 1.54) is 30.0 Å². The van der Waals surface area contributed by atoms with Crippen molar-refractivity contribution in [2.24, 2.45) is 0 Å². The van der Waals surface area contributed by atoms with Crippen molar-refractivity contribution in [1.29, 1.82) is 15.8 Å². The highest BCUT2D eigenvalue weighted by Crippen LogP contribution is 2.26. The first-order valence-electron chi connectivity index (χ1n) is 19.7. The Kier molecular flexibility index (Phi) is 17.1. The van der Waals surface area contributed by atoms with Crippen LogP contribution in [0.5, 0.6) is 0 Å². The molecule has 0 bridgehead atoms. The topological polar surface area (TPSA) is 100 Å². The molecule has 0 aliphatic carbocycles. The molecule has 3 aromatic rings. The molecule has 0 aromatic heterocycles. The van der Waals surface area contributed by atoms with Crippen LogP contribution in [0.3, 0.4) is 0 Å². The lowest BCUT2D eigenvalue weighted by molar-refractivity contribution is 0.144. The monoisotopic (exact) mass is 731 g/mol. The number of hydrogen-bond donors (Lipinski definition) is 0. The summed E-state index contributed by atoms with van der Waals surface area (Å²) in [6.07, 6.45) is 1.23. The standard InChI is InChI=1S/C15H21N3O.C15H21N3.C14H19N3/c1-13-14(12-16)4-3-5-15(13)18-8-6-17(7-9-18)10-11-19-2;1-3-7-17-8-10-18(11-9-17)15-6-4-5-14(12-16)13(15)2;1-3-16-7-9-17(10-8-16)14-6-4-5-13(11-15)12(14)2/h3-5H,6-11H2,1-2H3;4-6H,3,7-11H2,1-2H3;4-6H,3,7-10H2,1-2H3. The molecule has 3 fully saturated rings. The number of benzene rings is 3. The van der Waals surface area contributed by atoms with Gasteiger partial charge < -0.3 is 24.3 Å². The van der Waals surface area contributed by atoms with Crippen LogP contribution < -0.4 is 14.7 Å². The Morgan fingerprint density at radius 3 is 1.13 bits per heavy atom. The molecule has 10 nitrogen and oxygen atoms in total. The smallest absolute Gasteiger partial charge is 0.0995 e. The van der Waals surface area contributed by atoms with Gasteiger partial charge in [0.25, 0.3) is 0 Å². The van der Waals surface area contributed by atoms with Gasteiger partial charge in [0, 0.05) is 109 Å². The van der Waals surface area contributed by atoms with Crippen LogP contribution in [-0.4, -0.2) is 127 Å². The van der Waals surface area contributed by atoms with Gasteiger partial charge in [0.1, 0.15) is 0 Å². The lowest BCUT2D eigenvalue weighted by atomic mass is 10.1. The first-order chi connectivity index (χ1) is 26.3. The highest BCUT2D eigenvalue weighted by atomic mass is 16.5. The molecule has 288 valence electrons. The van der Waals surface area contributed by atoms with Crippen LogP contribution in [0.4, 0.5) is 17.1 Å². The summed E-state index contributed by atoms with van der Waals surface area (Å²) in [5, 5.41) is 27.2. The minimum atomic E-state index is 0.777. The molecule has 0 atom stereocenters. The fraction of sp³-hybridized carbons (Fsp3) is 0.523. The van der Waals surface area contributed by atoms with Gasteiger partial charge in [0.2, 0.25) is 0 Å². The summed E-state index contributed by atoms with van der Waals surface area (Å²) in [4.78, 5) is 14.6. The van der Waals surface area contributed by atoms with Crippen LogP contribution in [0, 0.1) is 54.8 Å². The maximum Gasteiger partial charge on any atom is 0.0995 e. The lowest BCUT2D eigenvalue weighted by Gasteiger charge is -2.36. The first-order valence-corrected chi connectivity index (χ1v) is 19.7. The van der Waals surface area contributed by atoms with Crippen molar-refractivity contribution in [3.05, 3.63) is 88.0 Å².